The van der Waals surface area contributed by atoms with Gasteiger partial charge < -0.3 is 5.32 Å². The molecular formula is C19H13N3O3S. The van der Waals surface area contributed by atoms with Gasteiger partial charge in [-0.1, -0.05) is 30.3 Å². The fraction of sp³-hybridized carbons (Fsp3) is 0.0526. The minimum absolute atomic E-state index is 0.243. The zero-order chi connectivity index (χ0) is 18.5. The minimum atomic E-state index is -0.507. The molecule has 0 aliphatic carbocycles. The summed E-state index contributed by atoms with van der Waals surface area (Å²) in [4.78, 5) is 37.7. The largest absolute Gasteiger partial charge is 0.325 e. The van der Waals surface area contributed by atoms with Crippen molar-refractivity contribution in [2.75, 3.05) is 11.9 Å². The predicted octanol–water partition coefficient (Wildman–Crippen LogP) is 3.23. The van der Waals surface area contributed by atoms with Gasteiger partial charge in [0.15, 0.2) is 0 Å². The van der Waals surface area contributed by atoms with Crippen LogP contribution in [0.4, 0.5) is 10.5 Å². The number of imide groups is 1. The maximum absolute atomic E-state index is 12.4. The Labute approximate surface area is 154 Å². The number of carbonyl (C=O) groups excluding carboxylic acids is 3. The minimum Gasteiger partial charge on any atom is -0.325 e. The van der Waals surface area contributed by atoms with Crippen LogP contribution in [0.3, 0.4) is 0 Å². The Kier molecular flexibility index (Phi) is 5.15. The van der Waals surface area contributed by atoms with E-state index in [1.165, 1.54) is 0 Å². The molecule has 1 fully saturated rings. The predicted molar refractivity (Wildman–Crippen MR) is 98.9 cm³/mol. The summed E-state index contributed by atoms with van der Waals surface area (Å²) in [6.45, 7) is -0.343. The lowest BCUT2D eigenvalue weighted by Crippen LogP contribution is -2.36. The molecule has 0 spiro atoms. The SMILES string of the molecule is N#Cc1ccc(/C=C2\SC(=O)N(CC(=O)Nc3ccccc3)C2=O)cc1. The van der Waals surface area contributed by atoms with Crippen molar-refractivity contribution in [3.8, 4) is 6.07 Å². The second-order valence-electron chi connectivity index (χ2n) is 5.42. The molecule has 128 valence electrons. The van der Waals surface area contributed by atoms with E-state index in [1.54, 1.807) is 54.6 Å². The molecule has 1 aliphatic heterocycles. The number of hydrogen-bond acceptors (Lipinski definition) is 5. The summed E-state index contributed by atoms with van der Waals surface area (Å²) in [6, 6.07) is 17.5. The highest BCUT2D eigenvalue weighted by atomic mass is 32.2. The van der Waals surface area contributed by atoms with Crippen molar-refractivity contribution in [1.82, 2.24) is 4.90 Å². The van der Waals surface area contributed by atoms with E-state index in [9.17, 15) is 14.4 Å². The Morgan fingerprint density at radius 3 is 2.46 bits per heavy atom. The lowest BCUT2D eigenvalue weighted by atomic mass is 10.1. The van der Waals surface area contributed by atoms with E-state index in [0.29, 0.717) is 16.8 Å². The molecule has 2 aromatic rings. The number of rotatable bonds is 4. The Morgan fingerprint density at radius 2 is 1.81 bits per heavy atom. The first-order valence-electron chi connectivity index (χ1n) is 7.67. The van der Waals surface area contributed by atoms with Gasteiger partial charge in [-0.3, -0.25) is 19.3 Å². The molecule has 26 heavy (non-hydrogen) atoms. The lowest BCUT2D eigenvalue weighted by molar-refractivity contribution is -0.127. The van der Waals surface area contributed by atoms with Gasteiger partial charge in [0.2, 0.25) is 5.91 Å². The molecule has 3 rings (SSSR count). The molecule has 1 aliphatic rings. The molecule has 6 nitrogen and oxygen atoms in total. The maximum atomic E-state index is 12.4. The van der Waals surface area contributed by atoms with Crippen molar-refractivity contribution in [2.24, 2.45) is 0 Å². The summed E-state index contributed by atoms with van der Waals surface area (Å²) in [5.74, 6) is -0.953. The second-order valence-corrected chi connectivity index (χ2v) is 6.41. The van der Waals surface area contributed by atoms with Crippen LogP contribution in [-0.4, -0.2) is 28.5 Å². The number of amides is 3. The van der Waals surface area contributed by atoms with Crippen molar-refractivity contribution in [2.45, 2.75) is 0 Å². The highest BCUT2D eigenvalue weighted by Gasteiger charge is 2.36. The Morgan fingerprint density at radius 1 is 1.12 bits per heavy atom. The number of benzene rings is 2. The molecule has 0 unspecified atom stereocenters. The first-order valence-corrected chi connectivity index (χ1v) is 8.49. The first kappa shape index (κ1) is 17.5. The van der Waals surface area contributed by atoms with Gasteiger partial charge in [0, 0.05) is 5.69 Å². The Hall–Kier alpha value is -3.37. The van der Waals surface area contributed by atoms with E-state index in [2.05, 4.69) is 5.32 Å². The second kappa shape index (κ2) is 7.68. The molecule has 0 aromatic heterocycles. The summed E-state index contributed by atoms with van der Waals surface area (Å²) in [5, 5.41) is 11.0. The van der Waals surface area contributed by atoms with E-state index >= 15 is 0 Å². The molecule has 1 N–H and O–H groups in total. The van der Waals surface area contributed by atoms with Crippen LogP contribution in [0.1, 0.15) is 11.1 Å². The van der Waals surface area contributed by atoms with E-state index < -0.39 is 17.1 Å². The fourth-order valence-corrected chi connectivity index (χ4v) is 3.15. The standard InChI is InChI=1S/C19H13N3O3S/c20-11-14-8-6-13(7-9-14)10-16-18(24)22(19(25)26-16)12-17(23)21-15-4-2-1-3-5-15/h1-10H,12H2,(H,21,23)/b16-10-. The summed E-state index contributed by atoms with van der Waals surface area (Å²) < 4.78 is 0. The monoisotopic (exact) mass is 363 g/mol. The lowest BCUT2D eigenvalue weighted by Gasteiger charge is -2.12. The number of hydrogen-bond donors (Lipinski definition) is 1. The summed E-state index contributed by atoms with van der Waals surface area (Å²) in [6.07, 6.45) is 1.57. The van der Waals surface area contributed by atoms with E-state index in [4.69, 9.17) is 5.26 Å². The number of nitriles is 1. The van der Waals surface area contributed by atoms with Crippen LogP contribution in [0.15, 0.2) is 59.5 Å². The Bertz CT molecular complexity index is 931. The molecule has 2 aromatic carbocycles. The average Bonchev–Trinajstić information content (AvgIpc) is 2.90. The van der Waals surface area contributed by atoms with Crippen molar-refractivity contribution < 1.29 is 14.4 Å². The fourth-order valence-electron chi connectivity index (χ4n) is 2.31. The quantitative estimate of drug-likeness (QED) is 0.842. The number of para-hydroxylation sites is 1. The van der Waals surface area contributed by atoms with Crippen LogP contribution >= 0.6 is 11.8 Å². The van der Waals surface area contributed by atoms with Gasteiger partial charge >= 0.3 is 0 Å². The number of nitrogens with one attached hydrogen (secondary N) is 1. The maximum Gasteiger partial charge on any atom is 0.294 e. The smallest absolute Gasteiger partial charge is 0.294 e. The number of thioether (sulfide) groups is 1. The normalized spacial score (nSPS) is 15.2. The van der Waals surface area contributed by atoms with Crippen molar-refractivity contribution in [3.63, 3.8) is 0 Å². The molecule has 0 radical (unpaired) electrons. The zero-order valence-corrected chi connectivity index (χ0v) is 14.3. The van der Waals surface area contributed by atoms with Crippen LogP contribution in [0, 0.1) is 11.3 Å². The highest BCUT2D eigenvalue weighted by molar-refractivity contribution is 8.18. The number of carbonyl (C=O) groups is 3. The average molecular weight is 363 g/mol. The van der Waals surface area contributed by atoms with Crippen LogP contribution in [0.5, 0.6) is 0 Å². The van der Waals surface area contributed by atoms with Crippen molar-refractivity contribution in [3.05, 3.63) is 70.6 Å². The Balaban J connectivity index is 1.69. The summed E-state index contributed by atoms with van der Waals surface area (Å²) >= 11 is 0.788. The van der Waals surface area contributed by atoms with Crippen LogP contribution in [-0.2, 0) is 9.59 Å². The first-order chi connectivity index (χ1) is 12.6. The van der Waals surface area contributed by atoms with Crippen LogP contribution < -0.4 is 5.32 Å². The molecule has 1 saturated heterocycles. The topological polar surface area (TPSA) is 90.3 Å². The van der Waals surface area contributed by atoms with E-state index in [0.717, 1.165) is 16.7 Å². The summed E-state index contributed by atoms with van der Waals surface area (Å²) in [7, 11) is 0. The highest BCUT2D eigenvalue weighted by Crippen LogP contribution is 2.32. The van der Waals surface area contributed by atoms with Gasteiger partial charge in [-0.2, -0.15) is 5.26 Å². The molecule has 0 saturated carbocycles. The van der Waals surface area contributed by atoms with Crippen LogP contribution in [0.25, 0.3) is 6.08 Å². The zero-order valence-electron chi connectivity index (χ0n) is 13.5. The molecule has 3 amide bonds. The van der Waals surface area contributed by atoms with Gasteiger partial charge in [-0.15, -0.1) is 0 Å². The van der Waals surface area contributed by atoms with Crippen molar-refractivity contribution >= 4 is 40.6 Å². The number of nitrogens with zero attached hydrogens (tertiary/aromatic N) is 2. The van der Waals surface area contributed by atoms with Gasteiger partial charge in [0.1, 0.15) is 6.54 Å². The third-order valence-corrected chi connectivity index (χ3v) is 4.48. The molecular weight excluding hydrogens is 350 g/mol. The van der Waals surface area contributed by atoms with Gasteiger partial charge in [0.25, 0.3) is 11.1 Å². The third kappa shape index (κ3) is 3.99. The van der Waals surface area contributed by atoms with Gasteiger partial charge in [-0.25, -0.2) is 0 Å². The van der Waals surface area contributed by atoms with Crippen LogP contribution in [0.2, 0.25) is 0 Å². The van der Waals surface area contributed by atoms with E-state index in [-0.39, 0.29) is 11.4 Å². The van der Waals surface area contributed by atoms with Gasteiger partial charge in [-0.05, 0) is 47.7 Å². The van der Waals surface area contributed by atoms with Gasteiger partial charge in [0.05, 0.1) is 16.5 Å². The molecule has 7 heteroatoms. The molecule has 1 heterocycles. The molecule has 0 bridgehead atoms. The summed E-state index contributed by atoms with van der Waals surface area (Å²) in [5.41, 5.74) is 1.80. The third-order valence-electron chi connectivity index (χ3n) is 3.57. The van der Waals surface area contributed by atoms with E-state index in [1.807, 2.05) is 12.1 Å². The number of anilines is 1. The van der Waals surface area contributed by atoms with Crippen molar-refractivity contribution in [1.29, 1.82) is 5.26 Å². The molecule has 0 atom stereocenters.